The molecule has 2 amide bonds. The van der Waals surface area contributed by atoms with Gasteiger partial charge in [0.15, 0.2) is 5.82 Å². The highest BCUT2D eigenvalue weighted by Gasteiger charge is 2.27. The number of anilines is 1. The van der Waals surface area contributed by atoms with E-state index in [9.17, 15) is 9.59 Å². The van der Waals surface area contributed by atoms with E-state index >= 15 is 0 Å². The van der Waals surface area contributed by atoms with Crippen molar-refractivity contribution in [3.05, 3.63) is 41.5 Å². The van der Waals surface area contributed by atoms with Crippen LogP contribution in [0.3, 0.4) is 0 Å². The van der Waals surface area contributed by atoms with Crippen molar-refractivity contribution in [1.29, 1.82) is 0 Å². The minimum atomic E-state index is -0.0487. The highest BCUT2D eigenvalue weighted by atomic mass is 16.2. The van der Waals surface area contributed by atoms with Crippen molar-refractivity contribution in [3.63, 3.8) is 0 Å². The van der Waals surface area contributed by atoms with Crippen LogP contribution in [0.2, 0.25) is 0 Å². The molecule has 7 heteroatoms. The molecule has 2 heterocycles. The number of benzene rings is 1. The Morgan fingerprint density at radius 2 is 1.97 bits per heavy atom. The summed E-state index contributed by atoms with van der Waals surface area (Å²) in [5.41, 5.74) is 1.65. The average molecular weight is 398 g/mol. The summed E-state index contributed by atoms with van der Waals surface area (Å²) in [5, 5.41) is 10.1. The van der Waals surface area contributed by atoms with Gasteiger partial charge in [-0.15, -0.1) is 0 Å². The zero-order valence-corrected chi connectivity index (χ0v) is 17.8. The first-order valence-electron chi connectivity index (χ1n) is 10.2. The molecule has 1 fully saturated rings. The van der Waals surface area contributed by atoms with Crippen LogP contribution in [0.25, 0.3) is 0 Å². The Hall–Kier alpha value is -2.70. The molecule has 0 radical (unpaired) electrons. The fraction of sp³-hybridized carbons (Fsp3) is 0.545. The SMILES string of the molecule is Cc1nc(C2CCCN(C(=O)Cc3ccc(NC(=O)CC(C)(C)C)cc3)C2)n[nH]1. The first-order valence-corrected chi connectivity index (χ1v) is 10.2. The van der Waals surface area contributed by atoms with Gasteiger partial charge in [0.1, 0.15) is 5.82 Å². The van der Waals surface area contributed by atoms with E-state index in [0.29, 0.717) is 19.4 Å². The van der Waals surface area contributed by atoms with E-state index in [-0.39, 0.29) is 23.1 Å². The zero-order valence-electron chi connectivity index (χ0n) is 17.8. The third kappa shape index (κ3) is 6.14. The van der Waals surface area contributed by atoms with Gasteiger partial charge < -0.3 is 10.2 Å². The molecule has 29 heavy (non-hydrogen) atoms. The number of H-pyrrole nitrogens is 1. The van der Waals surface area contributed by atoms with Gasteiger partial charge in [0, 0.05) is 31.1 Å². The molecular formula is C22H31N5O2. The number of aromatic nitrogens is 3. The Labute approximate surface area is 172 Å². The molecule has 1 saturated heterocycles. The maximum atomic E-state index is 12.8. The van der Waals surface area contributed by atoms with Crippen LogP contribution in [-0.4, -0.2) is 45.0 Å². The summed E-state index contributed by atoms with van der Waals surface area (Å²) >= 11 is 0. The quantitative estimate of drug-likeness (QED) is 0.809. The molecule has 1 unspecified atom stereocenters. The smallest absolute Gasteiger partial charge is 0.227 e. The van der Waals surface area contributed by atoms with Gasteiger partial charge in [-0.2, -0.15) is 5.10 Å². The van der Waals surface area contributed by atoms with Gasteiger partial charge in [-0.1, -0.05) is 32.9 Å². The number of hydrogen-bond acceptors (Lipinski definition) is 4. The predicted octanol–water partition coefficient (Wildman–Crippen LogP) is 3.44. The standard InChI is InChI=1S/C22H31N5O2/c1-15-23-21(26-25-15)17-6-5-11-27(14-17)20(29)12-16-7-9-18(10-8-16)24-19(28)13-22(2,3)4/h7-10,17H,5-6,11-14H2,1-4H3,(H,24,28)(H,23,25,26). The van der Waals surface area contributed by atoms with Crippen LogP contribution in [0.5, 0.6) is 0 Å². The fourth-order valence-electron chi connectivity index (χ4n) is 3.64. The molecule has 1 aromatic heterocycles. The van der Waals surface area contributed by atoms with E-state index in [1.54, 1.807) is 0 Å². The topological polar surface area (TPSA) is 91.0 Å². The molecule has 3 rings (SSSR count). The maximum absolute atomic E-state index is 12.8. The number of piperidine rings is 1. The number of hydrogen-bond donors (Lipinski definition) is 2. The van der Waals surface area contributed by atoms with Gasteiger partial charge in [0.25, 0.3) is 0 Å². The predicted molar refractivity (Wildman–Crippen MR) is 113 cm³/mol. The van der Waals surface area contributed by atoms with Gasteiger partial charge in [-0.05, 0) is 42.9 Å². The molecule has 0 bridgehead atoms. The molecule has 1 aliphatic heterocycles. The number of aromatic amines is 1. The molecule has 1 aromatic carbocycles. The Morgan fingerprint density at radius 3 is 2.59 bits per heavy atom. The lowest BCUT2D eigenvalue weighted by Gasteiger charge is -2.31. The third-order valence-corrected chi connectivity index (χ3v) is 5.04. The lowest BCUT2D eigenvalue weighted by molar-refractivity contribution is -0.131. The van der Waals surface area contributed by atoms with Crippen molar-refractivity contribution in [2.24, 2.45) is 5.41 Å². The summed E-state index contributed by atoms with van der Waals surface area (Å²) in [6.07, 6.45) is 2.79. The highest BCUT2D eigenvalue weighted by molar-refractivity contribution is 5.91. The van der Waals surface area contributed by atoms with Gasteiger partial charge in [0.05, 0.1) is 6.42 Å². The maximum Gasteiger partial charge on any atom is 0.227 e. The third-order valence-electron chi connectivity index (χ3n) is 5.04. The van der Waals surface area contributed by atoms with E-state index in [1.807, 2.05) is 56.9 Å². The van der Waals surface area contributed by atoms with E-state index in [4.69, 9.17) is 0 Å². The molecule has 0 spiro atoms. The molecule has 7 nitrogen and oxygen atoms in total. The first-order chi connectivity index (χ1) is 13.7. The molecule has 2 aromatic rings. The lowest BCUT2D eigenvalue weighted by atomic mass is 9.92. The van der Waals surface area contributed by atoms with Crippen LogP contribution < -0.4 is 5.32 Å². The van der Waals surface area contributed by atoms with Crippen LogP contribution in [0.4, 0.5) is 5.69 Å². The van der Waals surface area contributed by atoms with Crippen LogP contribution in [0.15, 0.2) is 24.3 Å². The highest BCUT2D eigenvalue weighted by Crippen LogP contribution is 2.25. The van der Waals surface area contributed by atoms with Crippen molar-refractivity contribution in [2.75, 3.05) is 18.4 Å². The van der Waals surface area contributed by atoms with E-state index in [2.05, 4.69) is 20.5 Å². The second-order valence-electron chi connectivity index (χ2n) is 9.12. The van der Waals surface area contributed by atoms with Crippen LogP contribution in [-0.2, 0) is 16.0 Å². The lowest BCUT2D eigenvalue weighted by Crippen LogP contribution is -2.40. The fourth-order valence-corrected chi connectivity index (χ4v) is 3.64. The Morgan fingerprint density at radius 1 is 1.24 bits per heavy atom. The normalized spacial score (nSPS) is 17.2. The summed E-state index contributed by atoms with van der Waals surface area (Å²) in [6, 6.07) is 7.53. The van der Waals surface area contributed by atoms with Crippen molar-refractivity contribution >= 4 is 17.5 Å². The number of nitrogens with zero attached hydrogens (tertiary/aromatic N) is 3. The van der Waals surface area contributed by atoms with Gasteiger partial charge in [0.2, 0.25) is 11.8 Å². The Kier molecular flexibility index (Phi) is 6.35. The minimum Gasteiger partial charge on any atom is -0.342 e. The summed E-state index contributed by atoms with van der Waals surface area (Å²) < 4.78 is 0. The van der Waals surface area contributed by atoms with Crippen LogP contribution in [0.1, 0.15) is 63.2 Å². The summed E-state index contributed by atoms with van der Waals surface area (Å²) in [7, 11) is 0. The molecule has 1 aliphatic rings. The van der Waals surface area contributed by atoms with Crippen molar-refractivity contribution in [2.45, 2.75) is 59.3 Å². The number of aryl methyl sites for hydroxylation is 1. The van der Waals surface area contributed by atoms with E-state index in [0.717, 1.165) is 42.3 Å². The number of rotatable bonds is 5. The number of likely N-dealkylation sites (tertiary alicyclic amines) is 1. The molecule has 1 atom stereocenters. The molecule has 0 aliphatic carbocycles. The monoisotopic (exact) mass is 397 g/mol. The van der Waals surface area contributed by atoms with Crippen molar-refractivity contribution in [3.8, 4) is 0 Å². The molecule has 2 N–H and O–H groups in total. The van der Waals surface area contributed by atoms with Gasteiger partial charge in [-0.25, -0.2) is 4.98 Å². The van der Waals surface area contributed by atoms with E-state index in [1.165, 1.54) is 0 Å². The molecule has 0 saturated carbocycles. The molecular weight excluding hydrogens is 366 g/mol. The second-order valence-corrected chi connectivity index (χ2v) is 9.12. The number of carbonyl (C=O) groups is 2. The Balaban J connectivity index is 1.54. The molecule has 156 valence electrons. The zero-order chi connectivity index (χ0) is 21.0. The van der Waals surface area contributed by atoms with Gasteiger partial charge in [-0.3, -0.25) is 14.7 Å². The van der Waals surface area contributed by atoms with Crippen molar-refractivity contribution < 1.29 is 9.59 Å². The summed E-state index contributed by atoms with van der Waals surface area (Å²) in [6.45, 7) is 9.44. The van der Waals surface area contributed by atoms with E-state index < -0.39 is 0 Å². The Bertz CT molecular complexity index is 851. The summed E-state index contributed by atoms with van der Waals surface area (Å²) in [5.74, 6) is 1.92. The van der Waals surface area contributed by atoms with Gasteiger partial charge >= 0.3 is 0 Å². The number of amides is 2. The first kappa shape index (κ1) is 21.0. The average Bonchev–Trinajstić information content (AvgIpc) is 3.08. The largest absolute Gasteiger partial charge is 0.342 e. The van der Waals surface area contributed by atoms with Crippen LogP contribution in [0, 0.1) is 12.3 Å². The number of nitrogens with one attached hydrogen (secondary N) is 2. The van der Waals surface area contributed by atoms with Crippen LogP contribution >= 0.6 is 0 Å². The van der Waals surface area contributed by atoms with Crippen molar-refractivity contribution in [1.82, 2.24) is 20.1 Å². The number of carbonyl (C=O) groups excluding carboxylic acids is 2. The minimum absolute atomic E-state index is 0.00268. The summed E-state index contributed by atoms with van der Waals surface area (Å²) in [4.78, 5) is 31.2. The second kappa shape index (κ2) is 8.76.